The zero-order valence-corrected chi connectivity index (χ0v) is 10.5. The van der Waals surface area contributed by atoms with Crippen molar-refractivity contribution in [2.45, 2.75) is 39.2 Å². The molecule has 0 radical (unpaired) electrons. The average Bonchev–Trinajstić information content (AvgIpc) is 2.29. The first kappa shape index (κ1) is 15.5. The van der Waals surface area contributed by atoms with E-state index in [1.165, 1.54) is 0 Å². The summed E-state index contributed by atoms with van der Waals surface area (Å²) in [5.41, 5.74) is 3.66. The lowest BCUT2D eigenvalue weighted by Gasteiger charge is -2.18. The summed E-state index contributed by atoms with van der Waals surface area (Å²) >= 11 is 0. The number of hydrogen-bond acceptors (Lipinski definition) is 5. The number of unbranched alkanes of at least 4 members (excludes halogenated alkanes) is 1. The molecule has 5 nitrogen and oxygen atoms in total. The molecule has 17 heavy (non-hydrogen) atoms. The van der Waals surface area contributed by atoms with Crippen LogP contribution in [0.4, 0.5) is 0 Å². The van der Waals surface area contributed by atoms with Crippen LogP contribution in [-0.2, 0) is 19.1 Å². The third-order valence-electron chi connectivity index (χ3n) is 1.86. The predicted molar refractivity (Wildman–Crippen MR) is 62.9 cm³/mol. The van der Waals surface area contributed by atoms with Crippen molar-refractivity contribution < 1.29 is 19.1 Å². The number of carbonyl (C=O) groups excluding carboxylic acids is 2. The van der Waals surface area contributed by atoms with Crippen LogP contribution in [0.5, 0.6) is 0 Å². The topological polar surface area (TPSA) is 78.6 Å². The molecule has 0 fully saturated rings. The summed E-state index contributed by atoms with van der Waals surface area (Å²) in [6, 6.07) is 0. The summed E-state index contributed by atoms with van der Waals surface area (Å²) in [5, 5.41) is 0. The van der Waals surface area contributed by atoms with Gasteiger partial charge in [0.25, 0.3) is 5.54 Å². The molecule has 0 aromatic heterocycles. The summed E-state index contributed by atoms with van der Waals surface area (Å²) in [7, 11) is 0. The molecule has 0 saturated carbocycles. The molecule has 0 amide bonds. The Kier molecular flexibility index (Phi) is 6.99. The highest BCUT2D eigenvalue weighted by molar-refractivity contribution is 6.08. The largest absolute Gasteiger partial charge is 0.463 e. The fourth-order valence-electron chi connectivity index (χ4n) is 1.00. The van der Waals surface area contributed by atoms with E-state index in [1.54, 1.807) is 13.8 Å². The molecule has 0 aromatic rings. The molecular weight excluding hydrogens is 222 g/mol. The van der Waals surface area contributed by atoms with Gasteiger partial charge in [0.2, 0.25) is 0 Å². The fraction of sp³-hybridized carbons (Fsp3) is 0.667. The summed E-state index contributed by atoms with van der Waals surface area (Å²) in [6.07, 6.45) is 1.37. The van der Waals surface area contributed by atoms with Gasteiger partial charge in [0, 0.05) is 6.42 Å². The molecular formula is C12H19NO4. The third-order valence-corrected chi connectivity index (χ3v) is 1.86. The van der Waals surface area contributed by atoms with Crippen molar-refractivity contribution in [2.75, 3.05) is 13.2 Å². The summed E-state index contributed by atoms with van der Waals surface area (Å²) in [4.78, 5) is 23.2. The van der Waals surface area contributed by atoms with Crippen LogP contribution in [0.25, 0.3) is 0 Å². The molecule has 0 bridgehead atoms. The van der Waals surface area contributed by atoms with Crippen LogP contribution in [0, 0.1) is 11.8 Å². The Morgan fingerprint density at radius 1 is 1.12 bits per heavy atom. The maximum atomic E-state index is 11.6. The lowest BCUT2D eigenvalue weighted by Crippen LogP contribution is -2.55. The van der Waals surface area contributed by atoms with Crippen LogP contribution >= 0.6 is 0 Å². The Balaban J connectivity index is 5.01. The molecule has 96 valence electrons. The zero-order chi connectivity index (χ0) is 13.3. The van der Waals surface area contributed by atoms with Crippen LogP contribution in [0.2, 0.25) is 0 Å². The molecule has 0 saturated heterocycles. The number of hydrogen-bond donors (Lipinski definition) is 1. The van der Waals surface area contributed by atoms with Crippen molar-refractivity contribution >= 4 is 11.9 Å². The van der Waals surface area contributed by atoms with Crippen molar-refractivity contribution in [1.82, 2.24) is 0 Å². The third kappa shape index (κ3) is 4.45. The van der Waals surface area contributed by atoms with E-state index in [9.17, 15) is 9.59 Å². The highest BCUT2D eigenvalue weighted by atomic mass is 16.6. The van der Waals surface area contributed by atoms with E-state index in [4.69, 9.17) is 15.2 Å². The van der Waals surface area contributed by atoms with Gasteiger partial charge < -0.3 is 9.47 Å². The smallest absolute Gasteiger partial charge is 0.350 e. The quantitative estimate of drug-likeness (QED) is 0.433. The van der Waals surface area contributed by atoms with Crippen molar-refractivity contribution in [2.24, 2.45) is 5.73 Å². The fourth-order valence-corrected chi connectivity index (χ4v) is 1.00. The Labute approximate surface area is 102 Å². The maximum absolute atomic E-state index is 11.6. The average molecular weight is 241 g/mol. The van der Waals surface area contributed by atoms with Crippen LogP contribution < -0.4 is 5.73 Å². The summed E-state index contributed by atoms with van der Waals surface area (Å²) in [6.45, 7) is 5.45. The molecule has 0 aliphatic rings. The Bertz CT molecular complexity index is 309. The Morgan fingerprint density at radius 2 is 1.59 bits per heavy atom. The SMILES string of the molecule is CCCC#CC(N)(C(=O)OCC)C(=O)OCC. The monoisotopic (exact) mass is 241 g/mol. The van der Waals surface area contributed by atoms with Gasteiger partial charge in [-0.05, 0) is 20.3 Å². The highest BCUT2D eigenvalue weighted by Crippen LogP contribution is 2.06. The van der Waals surface area contributed by atoms with Crippen molar-refractivity contribution in [3.8, 4) is 11.8 Å². The number of carbonyl (C=O) groups is 2. The van der Waals surface area contributed by atoms with Crippen LogP contribution in [0.15, 0.2) is 0 Å². The van der Waals surface area contributed by atoms with Crippen molar-refractivity contribution in [3.63, 3.8) is 0 Å². The van der Waals surface area contributed by atoms with Crippen molar-refractivity contribution in [1.29, 1.82) is 0 Å². The number of esters is 2. The Hall–Kier alpha value is -1.54. The van der Waals surface area contributed by atoms with Gasteiger partial charge in [0.05, 0.1) is 13.2 Å². The van der Waals surface area contributed by atoms with E-state index >= 15 is 0 Å². The first-order valence-corrected chi connectivity index (χ1v) is 5.66. The van der Waals surface area contributed by atoms with E-state index in [2.05, 4.69) is 11.8 Å². The molecule has 0 spiro atoms. The Morgan fingerprint density at radius 3 is 1.94 bits per heavy atom. The molecule has 0 rings (SSSR count). The van der Waals surface area contributed by atoms with Gasteiger partial charge in [0.1, 0.15) is 0 Å². The van der Waals surface area contributed by atoms with E-state index in [-0.39, 0.29) is 13.2 Å². The minimum atomic E-state index is -2.01. The number of ether oxygens (including phenoxy) is 2. The lowest BCUT2D eigenvalue weighted by atomic mass is 10.0. The van der Waals surface area contributed by atoms with E-state index in [0.717, 1.165) is 6.42 Å². The van der Waals surface area contributed by atoms with Crippen LogP contribution in [0.1, 0.15) is 33.6 Å². The van der Waals surface area contributed by atoms with E-state index in [1.807, 2.05) is 6.92 Å². The second-order valence-corrected chi connectivity index (χ2v) is 3.30. The molecule has 0 heterocycles. The minimum Gasteiger partial charge on any atom is -0.463 e. The molecule has 2 N–H and O–H groups in total. The molecule has 5 heteroatoms. The predicted octanol–water partition coefficient (Wildman–Crippen LogP) is 0.614. The van der Waals surface area contributed by atoms with Gasteiger partial charge in [0.15, 0.2) is 0 Å². The first-order valence-electron chi connectivity index (χ1n) is 5.66. The minimum absolute atomic E-state index is 0.132. The molecule has 0 aliphatic heterocycles. The van der Waals surface area contributed by atoms with Gasteiger partial charge in [-0.3, -0.25) is 5.73 Å². The van der Waals surface area contributed by atoms with Gasteiger partial charge >= 0.3 is 11.9 Å². The highest BCUT2D eigenvalue weighted by Gasteiger charge is 2.44. The maximum Gasteiger partial charge on any atom is 0.350 e. The van der Waals surface area contributed by atoms with Gasteiger partial charge in [-0.15, -0.1) is 5.92 Å². The summed E-state index contributed by atoms with van der Waals surface area (Å²) in [5.74, 6) is 3.38. The van der Waals surface area contributed by atoms with E-state index < -0.39 is 17.5 Å². The van der Waals surface area contributed by atoms with Gasteiger partial charge in [-0.1, -0.05) is 12.8 Å². The van der Waals surface area contributed by atoms with Gasteiger partial charge in [-0.2, -0.15) is 0 Å². The normalized spacial score (nSPS) is 10.1. The molecule has 0 aliphatic carbocycles. The molecule has 0 unspecified atom stereocenters. The standard InChI is InChI=1S/C12H19NO4/c1-4-7-8-9-12(13,10(14)16-5-2)11(15)17-6-3/h4-7,13H2,1-3H3. The number of nitrogens with two attached hydrogens (primary N) is 1. The molecule has 0 aromatic carbocycles. The van der Waals surface area contributed by atoms with Gasteiger partial charge in [-0.25, -0.2) is 9.59 Å². The van der Waals surface area contributed by atoms with Crippen molar-refractivity contribution in [3.05, 3.63) is 0 Å². The van der Waals surface area contributed by atoms with E-state index in [0.29, 0.717) is 6.42 Å². The first-order chi connectivity index (χ1) is 8.02. The zero-order valence-electron chi connectivity index (χ0n) is 10.5. The summed E-state index contributed by atoms with van der Waals surface area (Å²) < 4.78 is 9.48. The second-order valence-electron chi connectivity index (χ2n) is 3.30. The number of rotatable bonds is 5. The lowest BCUT2D eigenvalue weighted by molar-refractivity contribution is -0.160. The second kappa shape index (κ2) is 7.69. The molecule has 0 atom stereocenters. The van der Waals surface area contributed by atoms with Crippen LogP contribution in [-0.4, -0.2) is 30.7 Å². The van der Waals surface area contributed by atoms with Crippen LogP contribution in [0.3, 0.4) is 0 Å².